The van der Waals surface area contributed by atoms with Crippen LogP contribution in [0.1, 0.15) is 33.1 Å². The van der Waals surface area contributed by atoms with E-state index in [1.807, 2.05) is 0 Å². The van der Waals surface area contributed by atoms with Crippen LogP contribution in [0.4, 0.5) is 27.9 Å². The topological polar surface area (TPSA) is 85.4 Å². The van der Waals surface area contributed by atoms with Gasteiger partial charge in [-0.25, -0.2) is 31.1 Å². The Morgan fingerprint density at radius 3 is 2.65 bits per heavy atom. The number of methoxy groups -OCH3 is 1. The number of halogens is 5. The highest BCUT2D eigenvalue weighted by atomic mass is 19.3. The van der Waals surface area contributed by atoms with Crippen molar-refractivity contribution in [1.82, 2.24) is 34.5 Å². The Bertz CT molecular complexity index is 1560. The van der Waals surface area contributed by atoms with Gasteiger partial charge in [-0.1, -0.05) is 25.1 Å². The molecule has 0 bridgehead atoms. The summed E-state index contributed by atoms with van der Waals surface area (Å²) < 4.78 is 76.2. The maximum atomic E-state index is 15.4. The number of anilines is 1. The number of hydrogen-bond acceptors (Lipinski definition) is 7. The molecule has 0 spiro atoms. The molecule has 1 N–H and O–H groups in total. The van der Waals surface area contributed by atoms with Crippen LogP contribution in [0.15, 0.2) is 24.4 Å². The molecule has 3 aromatic heterocycles. The number of benzene rings is 1. The minimum absolute atomic E-state index is 0.0589. The van der Waals surface area contributed by atoms with Gasteiger partial charge >= 0.3 is 0 Å². The lowest BCUT2D eigenvalue weighted by molar-refractivity contribution is -0.134. The first kappa shape index (κ1) is 26.7. The Kier molecular flexibility index (Phi) is 6.35. The van der Waals surface area contributed by atoms with E-state index in [1.54, 1.807) is 18.2 Å². The molecule has 0 radical (unpaired) electrons. The fourth-order valence-corrected chi connectivity index (χ4v) is 5.91. The summed E-state index contributed by atoms with van der Waals surface area (Å²) in [6, 6.07) is 4.60. The molecule has 1 atom stereocenters. The number of hydrogen-bond donors (Lipinski definition) is 1. The lowest BCUT2D eigenvalue weighted by Crippen LogP contribution is -2.59. The monoisotopic (exact) mass is 564 g/mol. The van der Waals surface area contributed by atoms with Crippen molar-refractivity contribution in [2.45, 2.75) is 64.1 Å². The van der Waals surface area contributed by atoms with E-state index < -0.39 is 24.7 Å². The van der Waals surface area contributed by atoms with Crippen molar-refractivity contribution in [1.29, 1.82) is 0 Å². The summed E-state index contributed by atoms with van der Waals surface area (Å²) in [5.74, 6) is -2.79. The van der Waals surface area contributed by atoms with Gasteiger partial charge in [0.1, 0.15) is 17.6 Å². The van der Waals surface area contributed by atoms with E-state index in [-0.39, 0.29) is 53.2 Å². The zero-order valence-corrected chi connectivity index (χ0v) is 22.2. The van der Waals surface area contributed by atoms with Gasteiger partial charge in [0.15, 0.2) is 5.82 Å². The highest BCUT2D eigenvalue weighted by Gasteiger charge is 2.50. The van der Waals surface area contributed by atoms with Gasteiger partial charge in [-0.05, 0) is 29.5 Å². The minimum Gasteiger partial charge on any atom is -0.479 e. The van der Waals surface area contributed by atoms with E-state index in [1.165, 1.54) is 17.8 Å². The molecule has 6 rings (SSSR count). The lowest BCUT2D eigenvalue weighted by atomic mass is 9.76. The van der Waals surface area contributed by atoms with Crippen LogP contribution in [-0.2, 0) is 6.54 Å². The largest absolute Gasteiger partial charge is 0.479 e. The van der Waals surface area contributed by atoms with Gasteiger partial charge in [-0.3, -0.25) is 4.90 Å². The predicted octanol–water partition coefficient (Wildman–Crippen LogP) is 4.86. The molecule has 9 nitrogen and oxygen atoms in total. The number of fused-ring (bicyclic) bond motifs is 2. The van der Waals surface area contributed by atoms with E-state index >= 15 is 4.39 Å². The third kappa shape index (κ3) is 4.71. The van der Waals surface area contributed by atoms with Crippen LogP contribution in [0.3, 0.4) is 0 Å². The third-order valence-electron chi connectivity index (χ3n) is 8.01. The summed E-state index contributed by atoms with van der Waals surface area (Å²) >= 11 is 0. The number of rotatable bonds is 7. The number of piperidine rings is 1. The van der Waals surface area contributed by atoms with Gasteiger partial charge in [0.2, 0.25) is 11.8 Å². The average Bonchev–Trinajstić information content (AvgIpc) is 3.41. The van der Waals surface area contributed by atoms with E-state index in [4.69, 9.17) is 4.74 Å². The molecular weight excluding hydrogens is 535 g/mol. The Morgan fingerprint density at radius 2 is 1.98 bits per heavy atom. The molecule has 1 aliphatic heterocycles. The van der Waals surface area contributed by atoms with Gasteiger partial charge < -0.3 is 10.1 Å². The summed E-state index contributed by atoms with van der Waals surface area (Å²) in [5.41, 5.74) is 1.31. The molecule has 2 aliphatic rings. The van der Waals surface area contributed by atoms with Crippen LogP contribution in [0.25, 0.3) is 27.7 Å². The molecule has 2 fully saturated rings. The van der Waals surface area contributed by atoms with Crippen LogP contribution in [0, 0.1) is 11.2 Å². The van der Waals surface area contributed by atoms with Gasteiger partial charge in [0.05, 0.1) is 24.4 Å². The van der Waals surface area contributed by atoms with Gasteiger partial charge in [0, 0.05) is 38.0 Å². The van der Waals surface area contributed by atoms with E-state index in [2.05, 4.69) is 44.5 Å². The molecule has 14 heteroatoms. The standard InChI is InChI=1S/C26H29F5N8O/c1-25(2)13-37(15-9-26(30,31)10-15)7-6-19(25)32-24-33-23(40-3)22-21(16(27)11-39(22)35-24)14-4-5-17-18(8-14)38(36-34-17)12-20(28)29/h4-5,8,11,15,19-20H,6-7,9-10,12-13H2,1-3H3,(H,32,35)/t19-/m0/s1. The Balaban J connectivity index is 1.29. The van der Waals surface area contributed by atoms with E-state index in [0.29, 0.717) is 36.1 Å². The van der Waals surface area contributed by atoms with E-state index in [0.717, 1.165) is 4.68 Å². The summed E-state index contributed by atoms with van der Waals surface area (Å²) in [6.07, 6.45) is -0.913. The molecule has 4 heterocycles. The maximum absolute atomic E-state index is 15.4. The van der Waals surface area contributed by atoms with Gasteiger partial charge in [-0.15, -0.1) is 10.2 Å². The molecule has 214 valence electrons. The highest BCUT2D eigenvalue weighted by Crippen LogP contribution is 2.43. The second kappa shape index (κ2) is 9.53. The first-order valence-corrected chi connectivity index (χ1v) is 13.1. The van der Waals surface area contributed by atoms with Gasteiger partial charge in [-0.2, -0.15) is 4.98 Å². The molecule has 1 saturated carbocycles. The highest BCUT2D eigenvalue weighted by molar-refractivity contribution is 5.89. The first-order valence-electron chi connectivity index (χ1n) is 13.1. The quantitative estimate of drug-likeness (QED) is 0.321. The van der Waals surface area contributed by atoms with Crippen molar-refractivity contribution in [2.75, 3.05) is 25.5 Å². The Labute approximate surface area is 226 Å². The molecule has 1 aromatic carbocycles. The molecule has 0 amide bonds. The molecule has 4 aromatic rings. The number of likely N-dealkylation sites (tertiary alicyclic amines) is 1. The fourth-order valence-electron chi connectivity index (χ4n) is 5.91. The summed E-state index contributed by atoms with van der Waals surface area (Å²) in [6.45, 7) is 4.82. The second-order valence-corrected chi connectivity index (χ2v) is 11.3. The number of aromatic nitrogens is 6. The van der Waals surface area contributed by atoms with Crippen molar-refractivity contribution >= 4 is 22.5 Å². The predicted molar refractivity (Wildman–Crippen MR) is 137 cm³/mol. The third-order valence-corrected chi connectivity index (χ3v) is 8.01. The van der Waals surface area contributed by atoms with Gasteiger partial charge in [0.25, 0.3) is 12.3 Å². The maximum Gasteiger partial charge on any atom is 0.258 e. The van der Waals surface area contributed by atoms with Crippen molar-refractivity contribution in [2.24, 2.45) is 5.41 Å². The summed E-state index contributed by atoms with van der Waals surface area (Å²) in [5, 5.41) is 15.5. The van der Waals surface area contributed by atoms with Crippen molar-refractivity contribution in [3.05, 3.63) is 30.2 Å². The number of alkyl halides is 4. The van der Waals surface area contributed by atoms with Crippen LogP contribution >= 0.6 is 0 Å². The molecular formula is C26H29F5N8O. The lowest BCUT2D eigenvalue weighted by Gasteiger charge is -2.51. The molecule has 1 aliphatic carbocycles. The van der Waals surface area contributed by atoms with Crippen molar-refractivity contribution in [3.8, 4) is 17.0 Å². The average molecular weight is 565 g/mol. The van der Waals surface area contributed by atoms with E-state index in [9.17, 15) is 17.6 Å². The van der Waals surface area contributed by atoms with Crippen LogP contribution in [0.5, 0.6) is 5.88 Å². The summed E-state index contributed by atoms with van der Waals surface area (Å²) in [7, 11) is 1.42. The molecule has 0 unspecified atom stereocenters. The Hall–Kier alpha value is -3.55. The number of ether oxygens (including phenoxy) is 1. The normalized spacial score (nSPS) is 21.3. The SMILES string of the molecule is COc1nc(N[C@H]2CCN(C3CC(F)(F)C3)CC2(C)C)nn2cc(F)c(-c3ccc4nnn(CC(F)F)c4c3)c12. The minimum atomic E-state index is -2.62. The molecule has 1 saturated heterocycles. The zero-order valence-electron chi connectivity index (χ0n) is 22.2. The first-order chi connectivity index (χ1) is 18.9. The van der Waals surface area contributed by atoms with Crippen molar-refractivity contribution < 1.29 is 26.7 Å². The second-order valence-electron chi connectivity index (χ2n) is 11.3. The van der Waals surface area contributed by atoms with Crippen LogP contribution < -0.4 is 10.1 Å². The Morgan fingerprint density at radius 1 is 1.20 bits per heavy atom. The number of nitrogens with zero attached hydrogens (tertiary/aromatic N) is 7. The van der Waals surface area contributed by atoms with Crippen LogP contribution in [0.2, 0.25) is 0 Å². The molecule has 40 heavy (non-hydrogen) atoms. The van der Waals surface area contributed by atoms with Crippen molar-refractivity contribution in [3.63, 3.8) is 0 Å². The van der Waals surface area contributed by atoms with Crippen LogP contribution in [-0.4, -0.2) is 79.1 Å². The zero-order chi connectivity index (χ0) is 28.4. The number of nitrogens with one attached hydrogen (secondary N) is 1. The smallest absolute Gasteiger partial charge is 0.258 e. The fraction of sp³-hybridized carbons (Fsp3) is 0.538. The summed E-state index contributed by atoms with van der Waals surface area (Å²) in [4.78, 5) is 6.65.